The van der Waals surface area contributed by atoms with Gasteiger partial charge < -0.3 is 10.0 Å². The van der Waals surface area contributed by atoms with Crippen LogP contribution in [-0.2, 0) is 0 Å². The first-order valence-electron chi connectivity index (χ1n) is 8.31. The molecule has 1 fully saturated rings. The third kappa shape index (κ3) is 3.01. The van der Waals surface area contributed by atoms with E-state index in [1.165, 1.54) is 17.2 Å². The number of piperidine rings is 1. The van der Waals surface area contributed by atoms with E-state index in [1.54, 1.807) is 18.2 Å². The number of hydrogen-bond acceptors (Lipinski definition) is 2. The van der Waals surface area contributed by atoms with Crippen LogP contribution < -0.4 is 0 Å². The molecule has 1 aromatic rings. The molecule has 1 N–H and O–H groups in total. The second-order valence-electron chi connectivity index (χ2n) is 6.52. The number of allylic oxidation sites excluding steroid dienone is 3. The van der Waals surface area contributed by atoms with Crippen molar-refractivity contribution < 1.29 is 9.90 Å². The molecule has 0 unspecified atom stereocenters. The number of likely N-dealkylation sites (tertiary alicyclic amines) is 1. The Balaban J connectivity index is 1.85. The minimum absolute atomic E-state index is 0.0292. The fourth-order valence-corrected chi connectivity index (χ4v) is 4.04. The van der Waals surface area contributed by atoms with Crippen LogP contribution in [0.5, 0.6) is 5.75 Å². The summed E-state index contributed by atoms with van der Waals surface area (Å²) in [4.78, 5) is 14.9. The van der Waals surface area contributed by atoms with E-state index in [-0.39, 0.29) is 22.7 Å². The van der Waals surface area contributed by atoms with Crippen LogP contribution in [0.15, 0.2) is 54.2 Å². The van der Waals surface area contributed by atoms with Crippen molar-refractivity contribution in [3.63, 3.8) is 0 Å². The van der Waals surface area contributed by atoms with E-state index in [0.29, 0.717) is 11.5 Å². The molecule has 0 aromatic heterocycles. The number of phenolic OH excluding ortho intramolecular Hbond substituents is 1. The first-order valence-corrected chi connectivity index (χ1v) is 8.69. The number of amides is 1. The first-order chi connectivity index (χ1) is 11.5. The van der Waals surface area contributed by atoms with Gasteiger partial charge in [0.05, 0.1) is 5.02 Å². The molecular weight excluding hydrogens is 322 g/mol. The number of rotatable bonds is 3. The summed E-state index contributed by atoms with van der Waals surface area (Å²) in [5, 5.41) is 10.0. The summed E-state index contributed by atoms with van der Waals surface area (Å²) < 4.78 is 0. The second kappa shape index (κ2) is 6.86. The zero-order valence-electron chi connectivity index (χ0n) is 13.8. The van der Waals surface area contributed by atoms with Gasteiger partial charge in [0.1, 0.15) is 5.75 Å². The first kappa shape index (κ1) is 16.8. The maximum atomic E-state index is 13.0. The van der Waals surface area contributed by atoms with Crippen LogP contribution in [-0.4, -0.2) is 28.5 Å². The van der Waals surface area contributed by atoms with Gasteiger partial charge in [0.2, 0.25) is 0 Å². The van der Waals surface area contributed by atoms with Gasteiger partial charge >= 0.3 is 0 Å². The van der Waals surface area contributed by atoms with Gasteiger partial charge in [-0.15, -0.1) is 0 Å². The Hall–Kier alpha value is -2.00. The fourth-order valence-electron chi connectivity index (χ4n) is 3.92. The second-order valence-corrected chi connectivity index (χ2v) is 6.92. The van der Waals surface area contributed by atoms with Crippen LogP contribution in [0.3, 0.4) is 0 Å². The molecule has 2 aliphatic rings. The minimum Gasteiger partial charge on any atom is -0.506 e. The van der Waals surface area contributed by atoms with E-state index < -0.39 is 0 Å². The third-order valence-corrected chi connectivity index (χ3v) is 5.37. The Kier molecular flexibility index (Phi) is 4.81. The summed E-state index contributed by atoms with van der Waals surface area (Å²) in [5.74, 6) is 0.310. The van der Waals surface area contributed by atoms with E-state index in [9.17, 15) is 9.90 Å². The largest absolute Gasteiger partial charge is 0.506 e. The number of halogens is 1. The molecule has 1 aliphatic carbocycles. The monoisotopic (exact) mass is 343 g/mol. The van der Waals surface area contributed by atoms with Crippen molar-refractivity contribution in [1.82, 2.24) is 4.90 Å². The van der Waals surface area contributed by atoms with Gasteiger partial charge in [-0.25, -0.2) is 0 Å². The predicted molar refractivity (Wildman–Crippen MR) is 97.3 cm³/mol. The Bertz CT molecular complexity index is 735. The maximum Gasteiger partial charge on any atom is 0.254 e. The molecule has 1 saturated heterocycles. The normalized spacial score (nSPS) is 23.7. The lowest BCUT2D eigenvalue weighted by Gasteiger charge is -2.38. The summed E-state index contributed by atoms with van der Waals surface area (Å²) in [7, 11) is 0. The molecule has 0 radical (unpaired) electrons. The van der Waals surface area contributed by atoms with Crippen molar-refractivity contribution in [3.8, 4) is 5.75 Å². The van der Waals surface area contributed by atoms with Crippen molar-refractivity contribution >= 4 is 17.5 Å². The highest BCUT2D eigenvalue weighted by atomic mass is 35.5. The number of phenols is 1. The Morgan fingerprint density at radius 2 is 2.25 bits per heavy atom. The lowest BCUT2D eigenvalue weighted by molar-refractivity contribution is 0.0563. The summed E-state index contributed by atoms with van der Waals surface area (Å²) in [5.41, 5.74) is 3.18. The minimum atomic E-state index is -0.0496. The molecule has 4 heteroatoms. The number of carbonyl (C=O) groups excluding carboxylic acids is 1. The molecule has 0 bridgehead atoms. The van der Waals surface area contributed by atoms with Crippen LogP contribution in [0.4, 0.5) is 0 Å². The average Bonchev–Trinajstić information content (AvgIpc) is 2.90. The molecule has 24 heavy (non-hydrogen) atoms. The van der Waals surface area contributed by atoms with Crippen LogP contribution in [0.1, 0.15) is 36.5 Å². The Morgan fingerprint density at radius 3 is 2.96 bits per heavy atom. The van der Waals surface area contributed by atoms with Crippen LogP contribution in [0.25, 0.3) is 0 Å². The van der Waals surface area contributed by atoms with E-state index in [0.717, 1.165) is 25.8 Å². The Morgan fingerprint density at radius 1 is 1.46 bits per heavy atom. The van der Waals surface area contributed by atoms with Gasteiger partial charge in [-0.1, -0.05) is 42.0 Å². The van der Waals surface area contributed by atoms with Crippen LogP contribution >= 0.6 is 11.6 Å². The number of carbonyl (C=O) groups is 1. The van der Waals surface area contributed by atoms with E-state index in [1.807, 2.05) is 11.0 Å². The highest BCUT2D eigenvalue weighted by Gasteiger charge is 2.40. The van der Waals surface area contributed by atoms with Gasteiger partial charge in [-0.2, -0.15) is 0 Å². The van der Waals surface area contributed by atoms with Crippen molar-refractivity contribution in [1.29, 1.82) is 0 Å². The van der Waals surface area contributed by atoms with Gasteiger partial charge in [-0.05, 0) is 50.0 Å². The topological polar surface area (TPSA) is 40.5 Å². The number of fused-ring (bicyclic) bond motifs is 1. The zero-order valence-corrected chi connectivity index (χ0v) is 14.6. The van der Waals surface area contributed by atoms with Crippen LogP contribution in [0.2, 0.25) is 5.02 Å². The zero-order chi connectivity index (χ0) is 17.3. The van der Waals surface area contributed by atoms with Crippen molar-refractivity contribution in [2.75, 3.05) is 6.54 Å². The van der Waals surface area contributed by atoms with Crippen LogP contribution in [0, 0.1) is 5.92 Å². The lowest BCUT2D eigenvalue weighted by atomic mass is 9.87. The molecule has 1 amide bonds. The summed E-state index contributed by atoms with van der Waals surface area (Å²) in [6.07, 6.45) is 8.90. The molecule has 2 atom stereocenters. The van der Waals surface area contributed by atoms with Gasteiger partial charge in [0.25, 0.3) is 5.91 Å². The highest BCUT2D eigenvalue weighted by Crippen LogP contribution is 2.42. The number of aromatic hydroxyl groups is 1. The lowest BCUT2D eigenvalue weighted by Crippen LogP contribution is -2.47. The molecule has 3 nitrogen and oxygen atoms in total. The third-order valence-electron chi connectivity index (χ3n) is 5.05. The van der Waals surface area contributed by atoms with Crippen molar-refractivity contribution in [2.45, 2.75) is 32.2 Å². The summed E-state index contributed by atoms with van der Waals surface area (Å²) in [6, 6.07) is 4.92. The SMILES string of the molecule is C=C/C=C\C1=C(C)C[C@H]2[C@@H]1CCCN2C(=O)c1ccc(Cl)c(O)c1. The fraction of sp³-hybridized carbons (Fsp3) is 0.350. The van der Waals surface area contributed by atoms with Crippen molar-refractivity contribution in [2.24, 2.45) is 5.92 Å². The van der Waals surface area contributed by atoms with E-state index >= 15 is 0 Å². The molecule has 1 heterocycles. The van der Waals surface area contributed by atoms with E-state index in [2.05, 4.69) is 19.6 Å². The van der Waals surface area contributed by atoms with Gasteiger partial charge in [0, 0.05) is 24.1 Å². The van der Waals surface area contributed by atoms with Crippen molar-refractivity contribution in [3.05, 3.63) is 64.7 Å². The summed E-state index contributed by atoms with van der Waals surface area (Å²) >= 11 is 5.85. The molecule has 1 aromatic carbocycles. The number of hydrogen-bond donors (Lipinski definition) is 1. The molecule has 126 valence electrons. The molecule has 3 rings (SSSR count). The predicted octanol–water partition coefficient (Wildman–Crippen LogP) is 4.73. The summed E-state index contributed by atoms with van der Waals surface area (Å²) in [6.45, 7) is 6.65. The smallest absolute Gasteiger partial charge is 0.254 e. The quantitative estimate of drug-likeness (QED) is 0.806. The van der Waals surface area contributed by atoms with E-state index in [4.69, 9.17) is 11.6 Å². The molecule has 0 saturated carbocycles. The average molecular weight is 344 g/mol. The standard InChI is InChI=1S/C20H22ClNO2/c1-3-4-6-15-13(2)11-18-16(15)7-5-10-22(18)20(24)14-8-9-17(21)19(23)12-14/h3-4,6,8-9,12,16,18,23H,1,5,7,10-11H2,2H3/b6-4-/t16-,18+/m1/s1. The van der Waals surface area contributed by atoms with Gasteiger partial charge in [-0.3, -0.25) is 4.79 Å². The molecular formula is C20H22ClNO2. The van der Waals surface area contributed by atoms with Gasteiger partial charge in [0.15, 0.2) is 0 Å². The number of nitrogens with zero attached hydrogens (tertiary/aromatic N) is 1. The highest BCUT2D eigenvalue weighted by molar-refractivity contribution is 6.32. The Labute approximate surface area is 147 Å². The number of benzene rings is 1. The molecule has 0 spiro atoms. The molecule has 1 aliphatic heterocycles. The maximum absolute atomic E-state index is 13.0.